The molecule has 1 heterocycles. The molecule has 3 rings (SSSR count). The minimum absolute atomic E-state index is 0.690. The molecule has 1 N–H and O–H groups in total. The van der Waals surface area contributed by atoms with Gasteiger partial charge in [-0.2, -0.15) is 0 Å². The molecule has 1 saturated carbocycles. The molecule has 0 spiro atoms. The van der Waals surface area contributed by atoms with Crippen LogP contribution >= 0.6 is 15.9 Å². The molecule has 1 aliphatic carbocycles. The van der Waals surface area contributed by atoms with Crippen molar-refractivity contribution in [1.82, 2.24) is 10.2 Å². The van der Waals surface area contributed by atoms with E-state index in [9.17, 15) is 0 Å². The highest BCUT2D eigenvalue weighted by atomic mass is 79.9. The second-order valence-electron chi connectivity index (χ2n) is 6.77. The second kappa shape index (κ2) is 7.26. The summed E-state index contributed by atoms with van der Waals surface area (Å²) in [6, 6.07) is 10.2. The lowest BCUT2D eigenvalue weighted by molar-refractivity contribution is 0.160. The van der Waals surface area contributed by atoms with Crippen molar-refractivity contribution >= 4 is 15.9 Å². The largest absolute Gasteiger partial charge is 0.312 e. The van der Waals surface area contributed by atoms with Crippen LogP contribution in [0.2, 0.25) is 0 Å². The van der Waals surface area contributed by atoms with E-state index >= 15 is 0 Å². The number of piperidine rings is 1. The number of nitrogens with zero attached hydrogens (tertiary/aromatic N) is 1. The summed E-state index contributed by atoms with van der Waals surface area (Å²) in [6.07, 6.45) is 6.79. The van der Waals surface area contributed by atoms with E-state index in [1.54, 1.807) is 0 Å². The average Bonchev–Trinajstić information content (AvgIpc) is 2.46. The first kappa shape index (κ1) is 15.5. The smallest absolute Gasteiger partial charge is 0.0192 e. The van der Waals surface area contributed by atoms with Crippen LogP contribution in [0.15, 0.2) is 28.7 Å². The topological polar surface area (TPSA) is 15.3 Å². The van der Waals surface area contributed by atoms with Crippen molar-refractivity contribution in [3.8, 4) is 0 Å². The molecule has 0 radical (unpaired) electrons. The Balaban J connectivity index is 1.39. The van der Waals surface area contributed by atoms with Crippen LogP contribution in [-0.4, -0.2) is 36.6 Å². The van der Waals surface area contributed by atoms with Crippen molar-refractivity contribution < 1.29 is 0 Å². The molecule has 3 heteroatoms. The highest BCUT2D eigenvalue weighted by Crippen LogP contribution is 2.37. The minimum Gasteiger partial charge on any atom is -0.312 e. The lowest BCUT2D eigenvalue weighted by Gasteiger charge is -2.39. The predicted molar refractivity (Wildman–Crippen MR) is 92.8 cm³/mol. The van der Waals surface area contributed by atoms with Gasteiger partial charge in [0.15, 0.2) is 0 Å². The molecule has 0 bridgehead atoms. The van der Waals surface area contributed by atoms with Crippen molar-refractivity contribution in [2.24, 2.45) is 0 Å². The Morgan fingerprint density at radius 3 is 2.71 bits per heavy atom. The highest BCUT2D eigenvalue weighted by Gasteiger charge is 2.30. The Labute approximate surface area is 137 Å². The Kier molecular flexibility index (Phi) is 5.36. The van der Waals surface area contributed by atoms with Crippen LogP contribution in [0.4, 0.5) is 0 Å². The van der Waals surface area contributed by atoms with Crippen molar-refractivity contribution in [1.29, 1.82) is 0 Å². The van der Waals surface area contributed by atoms with Crippen LogP contribution in [0.25, 0.3) is 0 Å². The van der Waals surface area contributed by atoms with E-state index in [1.165, 1.54) is 55.2 Å². The van der Waals surface area contributed by atoms with Gasteiger partial charge in [0, 0.05) is 23.1 Å². The fourth-order valence-corrected chi connectivity index (χ4v) is 4.06. The maximum atomic E-state index is 3.78. The summed E-state index contributed by atoms with van der Waals surface area (Å²) in [5.41, 5.74) is 1.49. The normalized spacial score (nSPS) is 28.1. The van der Waals surface area contributed by atoms with Crippen LogP contribution in [0.3, 0.4) is 0 Å². The molecule has 2 aliphatic rings. The fourth-order valence-electron chi connectivity index (χ4n) is 3.64. The SMILES string of the molecule is CC(CNC1CC(c2cccc(Br)c2)C1)N1CCCCC1. The van der Waals surface area contributed by atoms with Crippen LogP contribution < -0.4 is 5.32 Å². The minimum atomic E-state index is 0.690. The number of nitrogens with one attached hydrogen (secondary N) is 1. The number of halogens is 1. The number of likely N-dealkylation sites (tertiary alicyclic amines) is 1. The summed E-state index contributed by atoms with van der Waals surface area (Å²) in [5, 5.41) is 3.78. The highest BCUT2D eigenvalue weighted by molar-refractivity contribution is 9.10. The number of benzene rings is 1. The fraction of sp³-hybridized carbons (Fsp3) is 0.667. The molecule has 2 fully saturated rings. The van der Waals surface area contributed by atoms with E-state index in [2.05, 4.69) is 57.3 Å². The van der Waals surface area contributed by atoms with Gasteiger partial charge in [-0.15, -0.1) is 0 Å². The molecule has 1 aliphatic heterocycles. The molecular weight excluding hydrogens is 324 g/mol. The summed E-state index contributed by atoms with van der Waals surface area (Å²) in [6.45, 7) is 6.13. The van der Waals surface area contributed by atoms with E-state index in [0.717, 1.165) is 18.5 Å². The lowest BCUT2D eigenvalue weighted by Crippen LogP contribution is -2.48. The zero-order valence-electron chi connectivity index (χ0n) is 13.0. The number of hydrogen-bond donors (Lipinski definition) is 1. The third-order valence-corrected chi connectivity index (χ3v) is 5.67. The second-order valence-corrected chi connectivity index (χ2v) is 7.69. The van der Waals surface area contributed by atoms with Crippen LogP contribution in [-0.2, 0) is 0 Å². The van der Waals surface area contributed by atoms with Gasteiger partial charge >= 0.3 is 0 Å². The van der Waals surface area contributed by atoms with Gasteiger partial charge in [0.05, 0.1) is 0 Å². The zero-order valence-corrected chi connectivity index (χ0v) is 14.6. The van der Waals surface area contributed by atoms with Crippen LogP contribution in [0.5, 0.6) is 0 Å². The van der Waals surface area contributed by atoms with Crippen molar-refractivity contribution in [3.63, 3.8) is 0 Å². The molecule has 0 aromatic heterocycles. The van der Waals surface area contributed by atoms with Gasteiger partial charge in [0.2, 0.25) is 0 Å². The van der Waals surface area contributed by atoms with Gasteiger partial charge in [-0.1, -0.05) is 34.5 Å². The molecule has 1 aromatic carbocycles. The molecular formula is C18H27BrN2. The summed E-state index contributed by atoms with van der Waals surface area (Å²) < 4.78 is 1.20. The van der Waals surface area contributed by atoms with Gasteiger partial charge in [-0.25, -0.2) is 0 Å². The molecule has 1 unspecified atom stereocenters. The summed E-state index contributed by atoms with van der Waals surface area (Å²) in [5.74, 6) is 0.755. The average molecular weight is 351 g/mol. The maximum absolute atomic E-state index is 3.78. The van der Waals surface area contributed by atoms with Gasteiger partial charge < -0.3 is 5.32 Å². The van der Waals surface area contributed by atoms with Crippen LogP contribution in [0.1, 0.15) is 50.5 Å². The third-order valence-electron chi connectivity index (χ3n) is 5.17. The Hall–Kier alpha value is -0.380. The molecule has 116 valence electrons. The van der Waals surface area contributed by atoms with Crippen molar-refractivity contribution in [2.75, 3.05) is 19.6 Å². The van der Waals surface area contributed by atoms with E-state index in [4.69, 9.17) is 0 Å². The Bertz CT molecular complexity index is 450. The maximum Gasteiger partial charge on any atom is 0.0192 e. The van der Waals surface area contributed by atoms with Gasteiger partial charge in [0.1, 0.15) is 0 Å². The van der Waals surface area contributed by atoms with Crippen LogP contribution in [0, 0.1) is 0 Å². The van der Waals surface area contributed by atoms with E-state index < -0.39 is 0 Å². The van der Waals surface area contributed by atoms with Gasteiger partial charge in [-0.3, -0.25) is 4.90 Å². The molecule has 1 aromatic rings. The number of rotatable bonds is 5. The zero-order chi connectivity index (χ0) is 14.7. The lowest BCUT2D eigenvalue weighted by atomic mass is 9.76. The molecule has 1 saturated heterocycles. The predicted octanol–water partition coefficient (Wildman–Crippen LogP) is 4.16. The standard InChI is InChI=1S/C18H27BrN2/c1-14(21-8-3-2-4-9-21)13-20-18-11-16(12-18)15-6-5-7-17(19)10-15/h5-7,10,14,16,18,20H,2-4,8-9,11-13H2,1H3. The van der Waals surface area contributed by atoms with E-state index in [0.29, 0.717) is 6.04 Å². The summed E-state index contributed by atoms with van der Waals surface area (Å²) in [7, 11) is 0. The molecule has 0 amide bonds. The van der Waals surface area contributed by atoms with Gasteiger partial charge in [-0.05, 0) is 69.3 Å². The molecule has 2 nitrogen and oxygen atoms in total. The Morgan fingerprint density at radius 1 is 1.24 bits per heavy atom. The summed E-state index contributed by atoms with van der Waals surface area (Å²) >= 11 is 3.57. The van der Waals surface area contributed by atoms with E-state index in [-0.39, 0.29) is 0 Å². The molecule has 1 atom stereocenters. The van der Waals surface area contributed by atoms with Crippen molar-refractivity contribution in [3.05, 3.63) is 34.3 Å². The first-order valence-electron chi connectivity index (χ1n) is 8.45. The monoisotopic (exact) mass is 350 g/mol. The first-order chi connectivity index (χ1) is 10.2. The van der Waals surface area contributed by atoms with E-state index in [1.807, 2.05) is 0 Å². The quantitative estimate of drug-likeness (QED) is 0.857. The Morgan fingerprint density at radius 2 is 2.00 bits per heavy atom. The molecule has 21 heavy (non-hydrogen) atoms. The third kappa shape index (κ3) is 4.08. The van der Waals surface area contributed by atoms with Crippen molar-refractivity contribution in [2.45, 2.75) is 57.0 Å². The number of hydrogen-bond acceptors (Lipinski definition) is 2. The summed E-state index contributed by atoms with van der Waals surface area (Å²) in [4.78, 5) is 2.65. The first-order valence-corrected chi connectivity index (χ1v) is 9.24. The van der Waals surface area contributed by atoms with Gasteiger partial charge in [0.25, 0.3) is 0 Å².